The molecule has 0 saturated heterocycles. The van der Waals surface area contributed by atoms with Crippen molar-refractivity contribution in [3.8, 4) is 0 Å². The van der Waals surface area contributed by atoms with Crippen LogP contribution in [-0.2, 0) is 10.0 Å². The van der Waals surface area contributed by atoms with Crippen LogP contribution in [0.3, 0.4) is 0 Å². The average Bonchev–Trinajstić information content (AvgIpc) is 2.33. The van der Waals surface area contributed by atoms with Crippen LogP contribution < -0.4 is 5.14 Å². The molecule has 0 aromatic rings. The summed E-state index contributed by atoms with van der Waals surface area (Å²) < 4.78 is 20.2. The molecule has 0 aromatic heterocycles. The zero-order chi connectivity index (χ0) is 8.70. The van der Waals surface area contributed by atoms with Crippen LogP contribution in [0.25, 0.3) is 0 Å². The highest BCUT2D eigenvalue weighted by Gasteiger charge is 2.51. The lowest BCUT2D eigenvalue weighted by atomic mass is 10.3. The molecule has 0 aromatic carbocycles. The molecular weight excluding hydrogens is 209 g/mol. The first kappa shape index (κ1) is 9.58. The minimum Gasteiger partial charge on any atom is -0.229 e. The number of nitrogens with two attached hydrogens (primary N) is 1. The van der Waals surface area contributed by atoms with E-state index in [0.717, 1.165) is 0 Å². The fourth-order valence-electron chi connectivity index (χ4n) is 0.889. The van der Waals surface area contributed by atoms with Gasteiger partial charge in [0.15, 0.2) is 0 Å². The highest BCUT2D eigenvalue weighted by Crippen LogP contribution is 2.54. The molecule has 1 rings (SSSR count). The predicted octanol–water partition coefficient (Wildman–Crippen LogP) is 0.859. The van der Waals surface area contributed by atoms with E-state index in [2.05, 4.69) is 0 Å². The number of sulfonamides is 1. The molecule has 6 heteroatoms. The third-order valence-corrected chi connectivity index (χ3v) is 3.44. The fraction of sp³-hybridized carbons (Fsp3) is 1.00. The van der Waals surface area contributed by atoms with Gasteiger partial charge in [0.05, 0.1) is 5.75 Å². The van der Waals surface area contributed by atoms with E-state index >= 15 is 0 Å². The van der Waals surface area contributed by atoms with Gasteiger partial charge in [0, 0.05) is 0 Å². The summed E-state index contributed by atoms with van der Waals surface area (Å²) in [5, 5.41) is 4.79. The third kappa shape index (κ3) is 3.15. The van der Waals surface area contributed by atoms with Gasteiger partial charge in [0.2, 0.25) is 10.0 Å². The molecule has 11 heavy (non-hydrogen) atoms. The number of hydrogen-bond donors (Lipinski definition) is 1. The van der Waals surface area contributed by atoms with Crippen molar-refractivity contribution in [2.75, 3.05) is 5.75 Å². The number of halogens is 2. The third-order valence-electron chi connectivity index (χ3n) is 1.71. The average molecular weight is 218 g/mol. The quantitative estimate of drug-likeness (QED) is 0.714. The van der Waals surface area contributed by atoms with Crippen LogP contribution in [0.15, 0.2) is 0 Å². The zero-order valence-corrected chi connectivity index (χ0v) is 8.09. The fourth-order valence-corrected chi connectivity index (χ4v) is 2.09. The van der Waals surface area contributed by atoms with Gasteiger partial charge in [-0.05, 0) is 18.8 Å². The maximum absolute atomic E-state index is 10.5. The van der Waals surface area contributed by atoms with E-state index in [1.807, 2.05) is 0 Å². The first-order valence-electron chi connectivity index (χ1n) is 3.19. The monoisotopic (exact) mass is 217 g/mol. The number of hydrogen-bond acceptors (Lipinski definition) is 2. The Morgan fingerprint density at radius 1 is 1.55 bits per heavy atom. The van der Waals surface area contributed by atoms with Crippen LogP contribution in [0.4, 0.5) is 0 Å². The van der Waals surface area contributed by atoms with Crippen LogP contribution >= 0.6 is 23.2 Å². The van der Waals surface area contributed by atoms with Gasteiger partial charge in [-0.25, -0.2) is 13.6 Å². The van der Waals surface area contributed by atoms with E-state index < -0.39 is 14.4 Å². The Bertz CT molecular complexity index is 249. The molecule has 0 heterocycles. The van der Waals surface area contributed by atoms with Crippen LogP contribution in [0.5, 0.6) is 0 Å². The molecular formula is C5H9Cl2NO2S. The molecule has 66 valence electrons. The van der Waals surface area contributed by atoms with Gasteiger partial charge in [-0.3, -0.25) is 0 Å². The Morgan fingerprint density at radius 3 is 2.27 bits per heavy atom. The van der Waals surface area contributed by atoms with Crippen molar-refractivity contribution >= 4 is 33.2 Å². The Hall–Kier alpha value is 0.490. The smallest absolute Gasteiger partial charge is 0.209 e. The Morgan fingerprint density at radius 2 is 2.00 bits per heavy atom. The van der Waals surface area contributed by atoms with E-state index in [1.54, 1.807) is 0 Å². The summed E-state index contributed by atoms with van der Waals surface area (Å²) in [4.78, 5) is 0. The van der Waals surface area contributed by atoms with E-state index in [9.17, 15) is 8.42 Å². The molecule has 2 N–H and O–H groups in total. The molecule has 1 unspecified atom stereocenters. The normalized spacial score (nSPS) is 28.5. The highest BCUT2D eigenvalue weighted by atomic mass is 35.5. The first-order chi connectivity index (χ1) is 4.81. The Balaban J connectivity index is 2.27. The molecule has 1 saturated carbocycles. The second-order valence-electron chi connectivity index (χ2n) is 2.82. The molecule has 0 amide bonds. The second-order valence-corrected chi connectivity index (χ2v) is 6.09. The van der Waals surface area contributed by atoms with Crippen molar-refractivity contribution < 1.29 is 8.42 Å². The van der Waals surface area contributed by atoms with Gasteiger partial charge in [0.1, 0.15) is 4.33 Å². The van der Waals surface area contributed by atoms with E-state index in [4.69, 9.17) is 28.3 Å². The number of alkyl halides is 2. The SMILES string of the molecule is NS(=O)(=O)CCC1CC1(Cl)Cl. The van der Waals surface area contributed by atoms with Crippen molar-refractivity contribution in [1.29, 1.82) is 0 Å². The molecule has 0 bridgehead atoms. The van der Waals surface area contributed by atoms with Crippen molar-refractivity contribution in [2.45, 2.75) is 17.2 Å². The molecule has 0 radical (unpaired) electrons. The Kier molecular flexibility index (Phi) is 2.41. The summed E-state index contributed by atoms with van der Waals surface area (Å²) in [6, 6.07) is 0. The number of primary sulfonamides is 1. The summed E-state index contributed by atoms with van der Waals surface area (Å²) in [5.74, 6) is 0.0722. The maximum Gasteiger partial charge on any atom is 0.209 e. The molecule has 1 aliphatic rings. The van der Waals surface area contributed by atoms with Gasteiger partial charge in [-0.2, -0.15) is 0 Å². The molecule has 0 spiro atoms. The Labute approximate surface area is 75.9 Å². The molecule has 1 fully saturated rings. The minimum absolute atomic E-state index is 0.0289. The standard InChI is InChI=1S/C5H9Cl2NO2S/c6-5(7)3-4(5)1-2-11(8,9)10/h4H,1-3H2,(H2,8,9,10). The van der Waals surface area contributed by atoms with Crippen LogP contribution in [0, 0.1) is 5.92 Å². The summed E-state index contributed by atoms with van der Waals surface area (Å²) in [7, 11) is -3.35. The summed E-state index contributed by atoms with van der Waals surface area (Å²) in [5.41, 5.74) is 0. The van der Waals surface area contributed by atoms with Gasteiger partial charge in [0.25, 0.3) is 0 Å². The van der Waals surface area contributed by atoms with Gasteiger partial charge in [-0.1, -0.05) is 0 Å². The van der Waals surface area contributed by atoms with Crippen molar-refractivity contribution in [3.63, 3.8) is 0 Å². The topological polar surface area (TPSA) is 60.2 Å². The van der Waals surface area contributed by atoms with Crippen molar-refractivity contribution in [2.24, 2.45) is 11.1 Å². The lowest BCUT2D eigenvalue weighted by molar-refractivity contribution is 0.592. The lowest BCUT2D eigenvalue weighted by Gasteiger charge is -1.97. The van der Waals surface area contributed by atoms with Gasteiger partial charge in [-0.15, -0.1) is 23.2 Å². The van der Waals surface area contributed by atoms with E-state index in [-0.39, 0.29) is 11.7 Å². The molecule has 0 aliphatic heterocycles. The summed E-state index contributed by atoms with van der Waals surface area (Å²) >= 11 is 11.3. The predicted molar refractivity (Wildman–Crippen MR) is 45.1 cm³/mol. The van der Waals surface area contributed by atoms with Gasteiger partial charge < -0.3 is 0 Å². The van der Waals surface area contributed by atoms with E-state index in [0.29, 0.717) is 12.8 Å². The second kappa shape index (κ2) is 2.76. The zero-order valence-electron chi connectivity index (χ0n) is 5.76. The van der Waals surface area contributed by atoms with Gasteiger partial charge >= 0.3 is 0 Å². The van der Waals surface area contributed by atoms with E-state index in [1.165, 1.54) is 0 Å². The van der Waals surface area contributed by atoms with Crippen LogP contribution in [-0.4, -0.2) is 18.5 Å². The molecule has 1 atom stereocenters. The van der Waals surface area contributed by atoms with Crippen molar-refractivity contribution in [1.82, 2.24) is 0 Å². The molecule has 3 nitrogen and oxygen atoms in total. The first-order valence-corrected chi connectivity index (χ1v) is 5.67. The summed E-state index contributed by atoms with van der Waals surface area (Å²) in [6.07, 6.45) is 1.14. The maximum atomic E-state index is 10.5. The van der Waals surface area contributed by atoms with Crippen molar-refractivity contribution in [3.05, 3.63) is 0 Å². The van der Waals surface area contributed by atoms with Crippen LogP contribution in [0.1, 0.15) is 12.8 Å². The lowest BCUT2D eigenvalue weighted by Crippen LogP contribution is -2.17. The number of rotatable bonds is 3. The largest absolute Gasteiger partial charge is 0.229 e. The summed E-state index contributed by atoms with van der Waals surface area (Å²) in [6.45, 7) is 0. The minimum atomic E-state index is -3.35. The van der Waals surface area contributed by atoms with Crippen LogP contribution in [0.2, 0.25) is 0 Å². The molecule has 1 aliphatic carbocycles. The highest BCUT2D eigenvalue weighted by molar-refractivity contribution is 7.89.